The van der Waals surface area contributed by atoms with Crippen molar-refractivity contribution in [2.75, 3.05) is 20.3 Å². The minimum absolute atomic E-state index is 0.522. The summed E-state index contributed by atoms with van der Waals surface area (Å²) in [6.07, 6.45) is 2.82. The summed E-state index contributed by atoms with van der Waals surface area (Å²) in [6.45, 7) is 6.77. The number of aromatic nitrogens is 2. The largest absolute Gasteiger partial charge is 0.383 e. The monoisotopic (exact) mass is 289 g/mol. The van der Waals surface area contributed by atoms with Gasteiger partial charge >= 0.3 is 0 Å². The highest BCUT2D eigenvalue weighted by Gasteiger charge is 2.08. The molecule has 0 bridgehead atoms. The Hall–Kier alpha value is -0.390. The number of rotatable bonds is 7. The number of nitrogens with zero attached hydrogens (tertiary/aromatic N) is 2. The predicted octanol–water partition coefficient (Wildman–Crippen LogP) is 1.83. The van der Waals surface area contributed by atoms with Gasteiger partial charge in [0.25, 0.3) is 0 Å². The highest BCUT2D eigenvalue weighted by Crippen LogP contribution is 2.16. The van der Waals surface area contributed by atoms with Crippen molar-refractivity contribution in [1.29, 1.82) is 0 Å². The van der Waals surface area contributed by atoms with E-state index in [9.17, 15) is 0 Å². The summed E-state index contributed by atoms with van der Waals surface area (Å²) >= 11 is 3.52. The van der Waals surface area contributed by atoms with Gasteiger partial charge in [-0.1, -0.05) is 13.8 Å². The van der Waals surface area contributed by atoms with Crippen LogP contribution in [0.4, 0.5) is 0 Å². The third-order valence-corrected chi connectivity index (χ3v) is 2.98. The van der Waals surface area contributed by atoms with Crippen LogP contribution in [0.3, 0.4) is 0 Å². The topological polar surface area (TPSA) is 39.1 Å². The van der Waals surface area contributed by atoms with E-state index < -0.39 is 0 Å². The smallest absolute Gasteiger partial charge is 0.0658 e. The summed E-state index contributed by atoms with van der Waals surface area (Å²) in [7, 11) is 1.71. The first-order chi connectivity index (χ1) is 7.65. The Labute approximate surface area is 105 Å². The third-order valence-electron chi connectivity index (χ3n) is 2.32. The molecule has 0 saturated heterocycles. The van der Waals surface area contributed by atoms with E-state index in [0.29, 0.717) is 12.6 Å². The molecule has 0 radical (unpaired) electrons. The molecule has 5 heteroatoms. The van der Waals surface area contributed by atoms with E-state index in [0.717, 1.165) is 24.0 Å². The second-order valence-corrected chi connectivity index (χ2v) is 4.87. The van der Waals surface area contributed by atoms with Crippen molar-refractivity contribution < 1.29 is 4.74 Å². The summed E-state index contributed by atoms with van der Waals surface area (Å²) in [5.74, 6) is 0. The van der Waals surface area contributed by atoms with Crippen LogP contribution in [0.25, 0.3) is 0 Å². The number of hydrogen-bond acceptors (Lipinski definition) is 3. The lowest BCUT2D eigenvalue weighted by molar-refractivity contribution is 0.182. The molecule has 0 saturated carbocycles. The molecular formula is C11H20BrN3O. The van der Waals surface area contributed by atoms with Crippen molar-refractivity contribution in [3.63, 3.8) is 0 Å². The van der Waals surface area contributed by atoms with E-state index in [-0.39, 0.29) is 0 Å². The van der Waals surface area contributed by atoms with Crippen LogP contribution in [0, 0.1) is 0 Å². The predicted molar refractivity (Wildman–Crippen MR) is 68.6 cm³/mol. The van der Waals surface area contributed by atoms with Gasteiger partial charge in [0.2, 0.25) is 0 Å². The Balaban J connectivity index is 2.52. The summed E-state index contributed by atoms with van der Waals surface area (Å²) in [5, 5.41) is 7.71. The van der Waals surface area contributed by atoms with Crippen LogP contribution < -0.4 is 5.32 Å². The van der Waals surface area contributed by atoms with E-state index in [4.69, 9.17) is 4.74 Å². The first kappa shape index (κ1) is 13.7. The van der Waals surface area contributed by atoms with Crippen molar-refractivity contribution in [3.05, 3.63) is 16.4 Å². The van der Waals surface area contributed by atoms with Gasteiger partial charge in [0.15, 0.2) is 0 Å². The van der Waals surface area contributed by atoms with E-state index in [1.165, 1.54) is 5.69 Å². The minimum Gasteiger partial charge on any atom is -0.383 e. The summed E-state index contributed by atoms with van der Waals surface area (Å²) in [6, 6.07) is 0.522. The molecule has 16 heavy (non-hydrogen) atoms. The maximum absolute atomic E-state index is 5.06. The van der Waals surface area contributed by atoms with E-state index >= 15 is 0 Å². The lowest BCUT2D eigenvalue weighted by atomic mass is 10.3. The zero-order valence-electron chi connectivity index (χ0n) is 10.2. The summed E-state index contributed by atoms with van der Waals surface area (Å²) < 4.78 is 8.13. The van der Waals surface area contributed by atoms with Gasteiger partial charge in [-0.2, -0.15) is 5.10 Å². The molecule has 0 aliphatic rings. The number of ether oxygens (including phenoxy) is 1. The Morgan fingerprint density at radius 3 is 2.94 bits per heavy atom. The molecule has 1 aromatic heterocycles. The maximum Gasteiger partial charge on any atom is 0.0658 e. The Kier molecular flexibility index (Phi) is 6.01. The fourth-order valence-corrected chi connectivity index (χ4v) is 1.98. The molecule has 0 unspecified atom stereocenters. The van der Waals surface area contributed by atoms with Gasteiger partial charge in [-0.3, -0.25) is 4.68 Å². The van der Waals surface area contributed by atoms with E-state index in [1.54, 1.807) is 7.11 Å². The van der Waals surface area contributed by atoms with Crippen LogP contribution >= 0.6 is 15.9 Å². The third kappa shape index (κ3) is 4.23. The van der Waals surface area contributed by atoms with Crippen molar-refractivity contribution >= 4 is 15.9 Å². The normalized spacial score (nSPS) is 11.3. The Bertz CT molecular complexity index is 312. The molecule has 1 heterocycles. The van der Waals surface area contributed by atoms with Crippen LogP contribution in [0.1, 0.15) is 19.5 Å². The molecule has 0 aromatic carbocycles. The molecule has 1 aromatic rings. The van der Waals surface area contributed by atoms with Crippen molar-refractivity contribution in [2.45, 2.75) is 32.9 Å². The quantitative estimate of drug-likeness (QED) is 0.832. The second-order valence-electron chi connectivity index (χ2n) is 4.01. The lowest BCUT2D eigenvalue weighted by Gasteiger charge is -2.10. The first-order valence-electron chi connectivity index (χ1n) is 5.57. The minimum atomic E-state index is 0.522. The Morgan fingerprint density at radius 1 is 1.56 bits per heavy atom. The molecule has 0 fully saturated rings. The van der Waals surface area contributed by atoms with Gasteiger partial charge in [0, 0.05) is 26.1 Å². The first-order valence-corrected chi connectivity index (χ1v) is 6.37. The van der Waals surface area contributed by atoms with E-state index in [2.05, 4.69) is 40.2 Å². The van der Waals surface area contributed by atoms with Crippen molar-refractivity contribution in [3.8, 4) is 0 Å². The van der Waals surface area contributed by atoms with Crippen molar-refractivity contribution in [1.82, 2.24) is 15.1 Å². The number of halogens is 1. The molecule has 1 N–H and O–H groups in total. The fraction of sp³-hybridized carbons (Fsp3) is 0.727. The van der Waals surface area contributed by atoms with Crippen LogP contribution in [-0.4, -0.2) is 36.1 Å². The van der Waals surface area contributed by atoms with Crippen molar-refractivity contribution in [2.24, 2.45) is 0 Å². The number of hydrogen-bond donors (Lipinski definition) is 1. The molecule has 0 atom stereocenters. The average Bonchev–Trinajstić information content (AvgIpc) is 2.57. The molecule has 92 valence electrons. The van der Waals surface area contributed by atoms with E-state index in [1.807, 2.05) is 10.9 Å². The van der Waals surface area contributed by atoms with Gasteiger partial charge in [-0.25, -0.2) is 0 Å². The Morgan fingerprint density at radius 2 is 2.31 bits per heavy atom. The van der Waals surface area contributed by atoms with Crippen LogP contribution in [0.2, 0.25) is 0 Å². The zero-order chi connectivity index (χ0) is 12.0. The second kappa shape index (κ2) is 7.04. The highest BCUT2D eigenvalue weighted by molar-refractivity contribution is 9.10. The standard InChI is InChI=1S/C11H20BrN3O/c1-9(2)13-5-4-11-10(12)8-14-15(11)6-7-16-3/h8-9,13H,4-7H2,1-3H3. The number of nitrogens with one attached hydrogen (secondary N) is 1. The molecule has 0 amide bonds. The number of methoxy groups -OCH3 is 1. The van der Waals surface area contributed by atoms with Gasteiger partial charge in [-0.15, -0.1) is 0 Å². The molecule has 0 spiro atoms. The van der Waals surface area contributed by atoms with Gasteiger partial charge < -0.3 is 10.1 Å². The maximum atomic E-state index is 5.06. The molecule has 1 rings (SSSR count). The summed E-state index contributed by atoms with van der Waals surface area (Å²) in [5.41, 5.74) is 1.23. The molecule has 0 aliphatic carbocycles. The van der Waals surface area contributed by atoms with Gasteiger partial charge in [-0.05, 0) is 15.9 Å². The van der Waals surface area contributed by atoms with Gasteiger partial charge in [0.05, 0.1) is 29.5 Å². The SMILES string of the molecule is COCCn1ncc(Br)c1CCNC(C)C. The molecule has 0 aliphatic heterocycles. The fourth-order valence-electron chi connectivity index (χ4n) is 1.49. The van der Waals surface area contributed by atoms with Crippen LogP contribution in [0.15, 0.2) is 10.7 Å². The summed E-state index contributed by atoms with van der Waals surface area (Å²) in [4.78, 5) is 0. The van der Waals surface area contributed by atoms with Crippen LogP contribution in [-0.2, 0) is 17.7 Å². The lowest BCUT2D eigenvalue weighted by Crippen LogP contribution is -2.26. The highest BCUT2D eigenvalue weighted by atomic mass is 79.9. The van der Waals surface area contributed by atoms with Crippen LogP contribution in [0.5, 0.6) is 0 Å². The zero-order valence-corrected chi connectivity index (χ0v) is 11.7. The molecular weight excluding hydrogens is 270 g/mol. The average molecular weight is 290 g/mol. The van der Waals surface area contributed by atoms with Gasteiger partial charge in [0.1, 0.15) is 0 Å². The molecule has 4 nitrogen and oxygen atoms in total.